The number of carbonyl (C=O) groups excluding carboxylic acids is 2. The van der Waals surface area contributed by atoms with E-state index in [9.17, 15) is 14.0 Å². The van der Waals surface area contributed by atoms with Crippen molar-refractivity contribution in [2.75, 3.05) is 12.0 Å². The van der Waals surface area contributed by atoms with Crippen LogP contribution in [0.15, 0.2) is 54.1 Å². The van der Waals surface area contributed by atoms with Gasteiger partial charge in [0.2, 0.25) is 0 Å². The van der Waals surface area contributed by atoms with Crippen molar-refractivity contribution in [3.05, 3.63) is 65.5 Å². The lowest BCUT2D eigenvalue weighted by Crippen LogP contribution is -2.54. The first-order valence-electron chi connectivity index (χ1n) is 7.32. The summed E-state index contributed by atoms with van der Waals surface area (Å²) >= 11 is 5.04. The molecule has 0 spiro atoms. The van der Waals surface area contributed by atoms with E-state index in [4.69, 9.17) is 17.0 Å². The van der Waals surface area contributed by atoms with E-state index in [0.29, 0.717) is 11.3 Å². The Labute approximate surface area is 148 Å². The topological polar surface area (TPSA) is 58.6 Å². The Bertz CT molecular complexity index is 911. The van der Waals surface area contributed by atoms with Gasteiger partial charge in [-0.15, -0.1) is 0 Å². The summed E-state index contributed by atoms with van der Waals surface area (Å²) < 4.78 is 19.3. The van der Waals surface area contributed by atoms with Crippen LogP contribution in [0.5, 0.6) is 5.75 Å². The van der Waals surface area contributed by atoms with E-state index < -0.39 is 17.6 Å². The van der Waals surface area contributed by atoms with Crippen LogP contribution in [0.1, 0.15) is 5.56 Å². The van der Waals surface area contributed by atoms with Crippen LogP contribution in [0, 0.1) is 5.82 Å². The number of amides is 2. The predicted molar refractivity (Wildman–Crippen MR) is 95.6 cm³/mol. The zero-order valence-corrected chi connectivity index (χ0v) is 14.0. The van der Waals surface area contributed by atoms with E-state index in [1.165, 1.54) is 31.4 Å². The third kappa shape index (κ3) is 3.14. The van der Waals surface area contributed by atoms with Crippen molar-refractivity contribution in [3.63, 3.8) is 0 Å². The molecule has 1 fully saturated rings. The number of thiocarbonyl (C=S) groups is 1. The van der Waals surface area contributed by atoms with Crippen LogP contribution in [0.2, 0.25) is 0 Å². The largest absolute Gasteiger partial charge is 0.496 e. The maximum absolute atomic E-state index is 14.1. The van der Waals surface area contributed by atoms with Crippen molar-refractivity contribution in [2.45, 2.75) is 0 Å². The van der Waals surface area contributed by atoms with Gasteiger partial charge in [0.15, 0.2) is 5.11 Å². The van der Waals surface area contributed by atoms with Crippen molar-refractivity contribution in [2.24, 2.45) is 0 Å². The Hall–Kier alpha value is -3.06. The normalized spacial score (nSPS) is 16.2. The quantitative estimate of drug-likeness (QED) is 0.522. The van der Waals surface area contributed by atoms with Gasteiger partial charge in [0.1, 0.15) is 17.1 Å². The average molecular weight is 356 g/mol. The fourth-order valence-electron chi connectivity index (χ4n) is 2.45. The number of nitrogens with one attached hydrogen (secondary N) is 1. The van der Waals surface area contributed by atoms with Crippen LogP contribution in [-0.4, -0.2) is 24.0 Å². The van der Waals surface area contributed by atoms with Crippen LogP contribution in [0.25, 0.3) is 6.08 Å². The molecule has 1 heterocycles. The fraction of sp³-hybridized carbons (Fsp3) is 0.0556. The minimum absolute atomic E-state index is 0.0246. The van der Waals surface area contributed by atoms with Crippen LogP contribution in [0.4, 0.5) is 10.1 Å². The van der Waals surface area contributed by atoms with Gasteiger partial charge in [0.25, 0.3) is 11.8 Å². The second-order valence-electron chi connectivity index (χ2n) is 5.15. The Morgan fingerprint density at radius 3 is 2.52 bits per heavy atom. The van der Waals surface area contributed by atoms with Gasteiger partial charge in [-0.25, -0.2) is 9.29 Å². The first-order valence-corrected chi connectivity index (χ1v) is 7.72. The second kappa shape index (κ2) is 6.82. The molecule has 1 aliphatic rings. The molecule has 3 rings (SSSR count). The first-order chi connectivity index (χ1) is 12.0. The number of anilines is 1. The van der Waals surface area contributed by atoms with Gasteiger partial charge < -0.3 is 4.74 Å². The number of hydrogen-bond acceptors (Lipinski definition) is 4. The minimum atomic E-state index is -0.704. The van der Waals surface area contributed by atoms with E-state index in [2.05, 4.69) is 5.32 Å². The molecule has 7 heteroatoms. The summed E-state index contributed by atoms with van der Waals surface area (Å²) in [5.41, 5.74) is 0.356. The summed E-state index contributed by atoms with van der Waals surface area (Å²) in [4.78, 5) is 26.0. The van der Waals surface area contributed by atoms with Crippen LogP contribution < -0.4 is 15.0 Å². The van der Waals surface area contributed by atoms with E-state index in [1.807, 2.05) is 0 Å². The molecule has 1 aliphatic heterocycles. The lowest BCUT2D eigenvalue weighted by atomic mass is 10.1. The molecular weight excluding hydrogens is 343 g/mol. The molecule has 2 amide bonds. The summed E-state index contributed by atoms with van der Waals surface area (Å²) in [6.07, 6.45) is 1.39. The molecule has 126 valence electrons. The third-order valence-electron chi connectivity index (χ3n) is 3.63. The third-order valence-corrected chi connectivity index (χ3v) is 3.92. The molecule has 1 saturated heterocycles. The smallest absolute Gasteiger partial charge is 0.270 e. The highest BCUT2D eigenvalue weighted by Gasteiger charge is 2.35. The van der Waals surface area contributed by atoms with Crippen molar-refractivity contribution >= 4 is 40.9 Å². The van der Waals surface area contributed by atoms with Crippen molar-refractivity contribution < 1.29 is 18.7 Å². The molecule has 5 nitrogen and oxygen atoms in total. The highest BCUT2D eigenvalue weighted by Crippen LogP contribution is 2.26. The molecule has 2 aromatic carbocycles. The van der Waals surface area contributed by atoms with E-state index in [-0.39, 0.29) is 16.4 Å². The fourth-order valence-corrected chi connectivity index (χ4v) is 2.72. The first kappa shape index (κ1) is 16.8. The number of rotatable bonds is 3. The van der Waals surface area contributed by atoms with Gasteiger partial charge in [0.05, 0.1) is 12.8 Å². The SMILES string of the molecule is COc1ccccc1/C=C1/C(=O)NC(=S)N(c2ccccc2F)C1=O. The van der Waals surface area contributed by atoms with E-state index in [1.54, 1.807) is 30.3 Å². The number of ether oxygens (including phenoxy) is 1. The summed E-state index contributed by atoms with van der Waals surface area (Å²) in [7, 11) is 1.49. The predicted octanol–water partition coefficient (Wildman–Crippen LogP) is 2.67. The van der Waals surface area contributed by atoms with E-state index in [0.717, 1.165) is 4.90 Å². The molecule has 2 aromatic rings. The number of methoxy groups -OCH3 is 1. The highest BCUT2D eigenvalue weighted by atomic mass is 32.1. The average Bonchev–Trinajstić information content (AvgIpc) is 2.60. The van der Waals surface area contributed by atoms with Crippen LogP contribution in [-0.2, 0) is 9.59 Å². The highest BCUT2D eigenvalue weighted by molar-refractivity contribution is 7.80. The molecule has 0 bridgehead atoms. The zero-order valence-electron chi connectivity index (χ0n) is 13.2. The zero-order chi connectivity index (χ0) is 18.0. The van der Waals surface area contributed by atoms with Gasteiger partial charge in [-0.3, -0.25) is 14.9 Å². The Kier molecular flexibility index (Phi) is 4.58. The number of hydrogen-bond donors (Lipinski definition) is 1. The van der Waals surface area contributed by atoms with Crippen molar-refractivity contribution in [1.82, 2.24) is 5.32 Å². The number of nitrogens with zero attached hydrogens (tertiary/aromatic N) is 1. The number of carbonyl (C=O) groups is 2. The lowest BCUT2D eigenvalue weighted by Gasteiger charge is -2.29. The lowest BCUT2D eigenvalue weighted by molar-refractivity contribution is -0.122. The summed E-state index contributed by atoms with van der Waals surface area (Å²) in [5, 5.41) is 2.25. The standard InChI is InChI=1S/C18H13FN2O3S/c1-24-15-9-5-2-6-11(15)10-12-16(22)20-18(25)21(17(12)23)14-8-4-3-7-13(14)19/h2-10H,1H3,(H,20,22,25)/b12-10-. The maximum atomic E-state index is 14.1. The van der Waals surface area contributed by atoms with Gasteiger partial charge in [-0.05, 0) is 36.5 Å². The van der Waals surface area contributed by atoms with E-state index >= 15 is 0 Å². The van der Waals surface area contributed by atoms with Gasteiger partial charge >= 0.3 is 0 Å². The molecule has 0 aliphatic carbocycles. The summed E-state index contributed by atoms with van der Waals surface area (Å²) in [6.45, 7) is 0. The van der Waals surface area contributed by atoms with Gasteiger partial charge in [-0.1, -0.05) is 30.3 Å². The van der Waals surface area contributed by atoms with Crippen molar-refractivity contribution in [3.8, 4) is 5.75 Å². The number of para-hydroxylation sites is 2. The second-order valence-corrected chi connectivity index (χ2v) is 5.54. The number of halogens is 1. The molecule has 0 radical (unpaired) electrons. The number of benzene rings is 2. The maximum Gasteiger partial charge on any atom is 0.270 e. The van der Waals surface area contributed by atoms with Crippen LogP contribution >= 0.6 is 12.2 Å². The van der Waals surface area contributed by atoms with Gasteiger partial charge in [-0.2, -0.15) is 0 Å². The molecule has 1 N–H and O–H groups in total. The summed E-state index contributed by atoms with van der Waals surface area (Å²) in [6, 6.07) is 12.6. The molecule has 0 saturated carbocycles. The van der Waals surface area contributed by atoms with Crippen molar-refractivity contribution in [1.29, 1.82) is 0 Å². The molecule has 0 atom stereocenters. The molecule has 25 heavy (non-hydrogen) atoms. The molecular formula is C18H13FN2O3S. The van der Waals surface area contributed by atoms with Crippen LogP contribution in [0.3, 0.4) is 0 Å². The Balaban J connectivity index is 2.07. The monoisotopic (exact) mass is 356 g/mol. The minimum Gasteiger partial charge on any atom is -0.496 e. The molecule has 0 unspecified atom stereocenters. The van der Waals surface area contributed by atoms with Gasteiger partial charge in [0, 0.05) is 5.56 Å². The summed E-state index contributed by atoms with van der Waals surface area (Å²) in [5.74, 6) is -1.47. The Morgan fingerprint density at radius 2 is 1.80 bits per heavy atom. The Morgan fingerprint density at radius 1 is 1.12 bits per heavy atom. The molecule has 0 aromatic heterocycles.